The molecular formula is C9H13BrN2O2. The van der Waals surface area contributed by atoms with E-state index in [1.807, 2.05) is 0 Å². The quantitative estimate of drug-likeness (QED) is 0.762. The first-order chi connectivity index (χ1) is 6.43. The fraction of sp³-hybridized carbons (Fsp3) is 0.556. The van der Waals surface area contributed by atoms with Crippen LogP contribution in [0.1, 0.15) is 26.5 Å². The molecule has 4 nitrogen and oxygen atoms in total. The van der Waals surface area contributed by atoms with Crippen LogP contribution in [0.4, 0.5) is 0 Å². The van der Waals surface area contributed by atoms with Crippen molar-refractivity contribution in [2.75, 3.05) is 0 Å². The van der Waals surface area contributed by atoms with Crippen LogP contribution in [0.3, 0.4) is 0 Å². The van der Waals surface area contributed by atoms with Crippen LogP contribution in [0.15, 0.2) is 12.5 Å². The van der Waals surface area contributed by atoms with Crippen molar-refractivity contribution in [2.45, 2.75) is 26.1 Å². The maximum atomic E-state index is 11.4. The number of imidazole rings is 1. The first-order valence-corrected chi connectivity index (χ1v) is 5.37. The molecule has 0 fully saturated rings. The zero-order valence-electron chi connectivity index (χ0n) is 8.45. The average molecular weight is 261 g/mol. The van der Waals surface area contributed by atoms with E-state index in [2.05, 4.69) is 20.9 Å². The number of hydrogen-bond acceptors (Lipinski definition) is 3. The van der Waals surface area contributed by atoms with E-state index in [0.717, 1.165) is 5.69 Å². The van der Waals surface area contributed by atoms with Gasteiger partial charge in [-0.15, -0.1) is 0 Å². The molecule has 0 amide bonds. The van der Waals surface area contributed by atoms with Crippen LogP contribution in [-0.2, 0) is 10.1 Å². The molecule has 1 rings (SSSR count). The van der Waals surface area contributed by atoms with Gasteiger partial charge in [-0.25, -0.2) is 9.78 Å². The van der Waals surface area contributed by atoms with Gasteiger partial charge in [0.15, 0.2) is 0 Å². The molecule has 0 radical (unpaired) electrons. The Bertz CT molecular complexity index is 328. The van der Waals surface area contributed by atoms with Crippen molar-refractivity contribution >= 4 is 21.9 Å². The Kier molecular flexibility index (Phi) is 3.31. The smallest absolute Gasteiger partial charge is 0.335 e. The van der Waals surface area contributed by atoms with Crippen LogP contribution in [0, 0.1) is 5.41 Å². The van der Waals surface area contributed by atoms with E-state index in [9.17, 15) is 4.79 Å². The molecule has 0 saturated carbocycles. The Hall–Kier alpha value is -0.840. The van der Waals surface area contributed by atoms with Crippen molar-refractivity contribution < 1.29 is 9.63 Å². The van der Waals surface area contributed by atoms with Crippen molar-refractivity contribution in [1.82, 2.24) is 9.71 Å². The SMILES string of the molecule is CC(C)(C)C(=O)On1cnc(CBr)c1. The molecule has 0 unspecified atom stereocenters. The largest absolute Gasteiger partial charge is 0.338 e. The maximum Gasteiger partial charge on any atom is 0.338 e. The van der Waals surface area contributed by atoms with Gasteiger partial charge < -0.3 is 4.84 Å². The third-order valence-corrected chi connectivity index (χ3v) is 2.13. The van der Waals surface area contributed by atoms with Crippen molar-refractivity contribution in [2.24, 2.45) is 5.41 Å². The maximum absolute atomic E-state index is 11.4. The lowest BCUT2D eigenvalue weighted by Crippen LogP contribution is -2.30. The highest BCUT2D eigenvalue weighted by atomic mass is 79.9. The molecule has 0 aliphatic heterocycles. The van der Waals surface area contributed by atoms with Crippen LogP contribution < -0.4 is 4.84 Å². The van der Waals surface area contributed by atoms with E-state index < -0.39 is 5.41 Å². The predicted molar refractivity (Wildman–Crippen MR) is 55.9 cm³/mol. The number of carbonyl (C=O) groups excluding carboxylic acids is 1. The lowest BCUT2D eigenvalue weighted by Gasteiger charge is -2.15. The van der Waals surface area contributed by atoms with E-state index in [1.54, 1.807) is 27.0 Å². The molecule has 1 heterocycles. The van der Waals surface area contributed by atoms with Crippen LogP contribution in [0.5, 0.6) is 0 Å². The lowest BCUT2D eigenvalue weighted by atomic mass is 9.98. The summed E-state index contributed by atoms with van der Waals surface area (Å²) in [5.74, 6) is -0.281. The monoisotopic (exact) mass is 260 g/mol. The number of carbonyl (C=O) groups is 1. The summed E-state index contributed by atoms with van der Waals surface area (Å²) in [5, 5.41) is 0.646. The highest BCUT2D eigenvalue weighted by Crippen LogP contribution is 2.13. The second kappa shape index (κ2) is 4.13. The minimum atomic E-state index is -0.501. The van der Waals surface area contributed by atoms with E-state index in [4.69, 9.17) is 4.84 Å². The summed E-state index contributed by atoms with van der Waals surface area (Å²) in [6.45, 7) is 5.41. The van der Waals surface area contributed by atoms with Crippen molar-refractivity contribution in [1.29, 1.82) is 0 Å². The Morgan fingerprint density at radius 2 is 2.29 bits per heavy atom. The number of halogens is 1. The highest BCUT2D eigenvalue weighted by molar-refractivity contribution is 9.08. The number of nitrogens with zero attached hydrogens (tertiary/aromatic N) is 2. The molecule has 0 saturated heterocycles. The van der Waals surface area contributed by atoms with Crippen LogP contribution in [0.25, 0.3) is 0 Å². The first kappa shape index (κ1) is 11.2. The minimum Gasteiger partial charge on any atom is -0.335 e. The Balaban J connectivity index is 2.65. The van der Waals surface area contributed by atoms with Gasteiger partial charge >= 0.3 is 5.97 Å². The van der Waals surface area contributed by atoms with E-state index in [0.29, 0.717) is 5.33 Å². The van der Waals surface area contributed by atoms with Gasteiger partial charge in [0.1, 0.15) is 6.33 Å². The number of hydrogen-bond donors (Lipinski definition) is 0. The van der Waals surface area contributed by atoms with Crippen molar-refractivity contribution in [3.8, 4) is 0 Å². The summed E-state index contributed by atoms with van der Waals surface area (Å²) in [6, 6.07) is 0. The summed E-state index contributed by atoms with van der Waals surface area (Å²) in [4.78, 5) is 20.5. The van der Waals surface area contributed by atoms with Gasteiger partial charge in [0.05, 0.1) is 17.3 Å². The molecule has 78 valence electrons. The summed E-state index contributed by atoms with van der Waals surface area (Å²) in [7, 11) is 0. The van der Waals surface area contributed by atoms with Crippen LogP contribution >= 0.6 is 15.9 Å². The minimum absolute atomic E-state index is 0.281. The van der Waals surface area contributed by atoms with Crippen LogP contribution in [0.2, 0.25) is 0 Å². The Labute approximate surface area is 91.4 Å². The molecule has 1 aromatic rings. The predicted octanol–water partition coefficient (Wildman–Crippen LogP) is 1.78. The van der Waals surface area contributed by atoms with Crippen LogP contribution in [-0.4, -0.2) is 15.7 Å². The van der Waals surface area contributed by atoms with Gasteiger partial charge in [-0.2, -0.15) is 4.73 Å². The standard InChI is InChI=1S/C9H13BrN2O2/c1-9(2,3)8(13)14-12-5-7(4-10)11-6-12/h5-6H,4H2,1-3H3. The van der Waals surface area contributed by atoms with Crippen molar-refractivity contribution in [3.63, 3.8) is 0 Å². The second-order valence-corrected chi connectivity index (χ2v) is 4.55. The number of alkyl halides is 1. The topological polar surface area (TPSA) is 44.1 Å². The van der Waals surface area contributed by atoms with Gasteiger partial charge in [-0.1, -0.05) is 15.9 Å². The number of aromatic nitrogens is 2. The van der Waals surface area contributed by atoms with E-state index in [-0.39, 0.29) is 5.97 Å². The highest BCUT2D eigenvalue weighted by Gasteiger charge is 2.24. The zero-order valence-corrected chi connectivity index (χ0v) is 10.0. The van der Waals surface area contributed by atoms with Gasteiger partial charge in [-0.05, 0) is 20.8 Å². The molecule has 0 N–H and O–H groups in total. The third kappa shape index (κ3) is 2.83. The summed E-state index contributed by atoms with van der Waals surface area (Å²) in [6.07, 6.45) is 3.14. The van der Waals surface area contributed by atoms with Gasteiger partial charge in [0.25, 0.3) is 0 Å². The number of rotatable bonds is 2. The Morgan fingerprint density at radius 1 is 1.64 bits per heavy atom. The molecule has 0 aliphatic carbocycles. The van der Waals surface area contributed by atoms with Gasteiger partial charge in [0, 0.05) is 5.33 Å². The second-order valence-electron chi connectivity index (χ2n) is 3.99. The normalized spacial score (nSPS) is 11.4. The fourth-order valence-electron chi connectivity index (χ4n) is 0.696. The molecule has 0 aromatic carbocycles. The lowest BCUT2D eigenvalue weighted by molar-refractivity contribution is -0.153. The molecule has 14 heavy (non-hydrogen) atoms. The molecule has 0 atom stereocenters. The zero-order chi connectivity index (χ0) is 10.8. The summed E-state index contributed by atoms with van der Waals surface area (Å²) < 4.78 is 1.32. The fourth-order valence-corrected chi connectivity index (χ4v) is 0.986. The summed E-state index contributed by atoms with van der Waals surface area (Å²) in [5.41, 5.74) is 0.325. The first-order valence-electron chi connectivity index (χ1n) is 4.25. The van der Waals surface area contributed by atoms with E-state index in [1.165, 1.54) is 11.1 Å². The van der Waals surface area contributed by atoms with E-state index >= 15 is 0 Å². The molecule has 0 spiro atoms. The van der Waals surface area contributed by atoms with Gasteiger partial charge in [-0.3, -0.25) is 0 Å². The Morgan fingerprint density at radius 3 is 2.71 bits per heavy atom. The third-order valence-electron chi connectivity index (χ3n) is 1.55. The average Bonchev–Trinajstić information content (AvgIpc) is 2.50. The molecule has 0 bridgehead atoms. The summed E-state index contributed by atoms with van der Waals surface area (Å²) >= 11 is 3.26. The molecule has 0 aliphatic rings. The molecule has 5 heteroatoms. The van der Waals surface area contributed by atoms with Gasteiger partial charge in [0.2, 0.25) is 0 Å². The van der Waals surface area contributed by atoms with Crippen molar-refractivity contribution in [3.05, 3.63) is 18.2 Å². The molecule has 1 aromatic heterocycles. The molecular weight excluding hydrogens is 248 g/mol.